The maximum Gasteiger partial charge on any atom is 0.303 e. The summed E-state index contributed by atoms with van der Waals surface area (Å²) in [6, 6.07) is 10.1. The van der Waals surface area contributed by atoms with Crippen LogP contribution in [0.5, 0.6) is 0 Å². The summed E-state index contributed by atoms with van der Waals surface area (Å²) in [7, 11) is 0. The van der Waals surface area contributed by atoms with E-state index < -0.39 is 5.97 Å². The second-order valence-electron chi connectivity index (χ2n) is 7.96. The highest BCUT2D eigenvalue weighted by Crippen LogP contribution is 2.50. The van der Waals surface area contributed by atoms with E-state index in [-0.39, 0.29) is 12.5 Å². The molecular formula is C23H31N3O2S. The molecule has 4 N–H and O–H groups in total. The molecule has 0 heterocycles. The second kappa shape index (κ2) is 10.6. The number of anilines is 1. The summed E-state index contributed by atoms with van der Waals surface area (Å²) in [5.74, 6) is 0.663. The van der Waals surface area contributed by atoms with Gasteiger partial charge in [0.2, 0.25) is 0 Å². The Hall–Kier alpha value is -2.18. The molecule has 0 aromatic heterocycles. The molecule has 5 nitrogen and oxygen atoms in total. The van der Waals surface area contributed by atoms with E-state index in [1.165, 1.54) is 24.8 Å². The number of carboxylic acids is 1. The van der Waals surface area contributed by atoms with E-state index in [1.54, 1.807) is 5.57 Å². The second-order valence-corrected chi connectivity index (χ2v) is 8.37. The van der Waals surface area contributed by atoms with Gasteiger partial charge >= 0.3 is 5.97 Å². The number of hydrazine groups is 1. The van der Waals surface area contributed by atoms with Crippen LogP contribution in [-0.4, -0.2) is 22.2 Å². The highest BCUT2D eigenvalue weighted by molar-refractivity contribution is 7.80. The van der Waals surface area contributed by atoms with Gasteiger partial charge in [-0.1, -0.05) is 35.9 Å². The summed E-state index contributed by atoms with van der Waals surface area (Å²) in [5, 5.41) is 12.5. The molecule has 3 atom stereocenters. The first kappa shape index (κ1) is 21.5. The molecule has 0 radical (unpaired) electrons. The number of thiocarbonyl (C=S) groups is 1. The number of para-hydroxylation sites is 1. The Bertz CT molecular complexity index is 776. The summed E-state index contributed by atoms with van der Waals surface area (Å²) in [5.41, 5.74) is 10.6. The van der Waals surface area contributed by atoms with Gasteiger partial charge < -0.3 is 10.4 Å². The van der Waals surface area contributed by atoms with Crippen LogP contribution in [-0.2, 0) is 4.79 Å². The van der Waals surface area contributed by atoms with Crippen molar-refractivity contribution in [2.24, 2.45) is 11.8 Å². The number of hydrogen-bond acceptors (Lipinski definition) is 3. The van der Waals surface area contributed by atoms with Crippen LogP contribution in [0.1, 0.15) is 51.9 Å². The van der Waals surface area contributed by atoms with E-state index >= 15 is 0 Å². The van der Waals surface area contributed by atoms with Crippen molar-refractivity contribution in [3.05, 3.63) is 53.6 Å². The molecule has 1 aromatic carbocycles. The first-order valence-corrected chi connectivity index (χ1v) is 10.9. The third-order valence-corrected chi connectivity index (χ3v) is 6.11. The summed E-state index contributed by atoms with van der Waals surface area (Å²) >= 11 is 5.40. The van der Waals surface area contributed by atoms with Crippen LogP contribution in [0.2, 0.25) is 0 Å². The molecule has 1 aromatic rings. The quantitative estimate of drug-likeness (QED) is 0.191. The Labute approximate surface area is 178 Å². The lowest BCUT2D eigenvalue weighted by Gasteiger charge is -2.26. The minimum Gasteiger partial charge on any atom is -0.481 e. The van der Waals surface area contributed by atoms with Crippen LogP contribution in [0.15, 0.2) is 53.6 Å². The van der Waals surface area contributed by atoms with Gasteiger partial charge in [0.1, 0.15) is 0 Å². The smallest absolute Gasteiger partial charge is 0.303 e. The van der Waals surface area contributed by atoms with Crippen LogP contribution in [0.25, 0.3) is 0 Å². The van der Waals surface area contributed by atoms with E-state index in [4.69, 9.17) is 17.3 Å². The fourth-order valence-corrected chi connectivity index (χ4v) is 4.81. The normalized spacial score (nSPS) is 21.6. The Morgan fingerprint density at radius 2 is 2.00 bits per heavy atom. The number of benzene rings is 1. The molecule has 2 bridgehead atoms. The highest BCUT2D eigenvalue weighted by atomic mass is 32.1. The number of nitrogens with one attached hydrogen (secondary N) is 3. The molecular weight excluding hydrogens is 382 g/mol. The molecule has 1 fully saturated rings. The summed E-state index contributed by atoms with van der Waals surface area (Å²) in [6.45, 7) is 2.20. The number of rotatable bonds is 10. The third kappa shape index (κ3) is 6.15. The predicted molar refractivity (Wildman–Crippen MR) is 121 cm³/mol. The summed E-state index contributed by atoms with van der Waals surface area (Å²) < 4.78 is 0. The number of allylic oxidation sites excluding steroid dienone is 3. The molecule has 6 heteroatoms. The van der Waals surface area contributed by atoms with E-state index in [9.17, 15) is 4.79 Å². The Kier molecular flexibility index (Phi) is 7.83. The van der Waals surface area contributed by atoms with Crippen molar-refractivity contribution in [3.63, 3.8) is 0 Å². The molecule has 2 aliphatic rings. The van der Waals surface area contributed by atoms with Gasteiger partial charge in [0, 0.05) is 18.2 Å². The topological polar surface area (TPSA) is 73.4 Å². The lowest BCUT2D eigenvalue weighted by Crippen LogP contribution is -2.46. The van der Waals surface area contributed by atoms with E-state index in [0.717, 1.165) is 18.5 Å². The Morgan fingerprint density at radius 3 is 2.76 bits per heavy atom. The largest absolute Gasteiger partial charge is 0.481 e. The Balaban J connectivity index is 1.52. The van der Waals surface area contributed by atoms with Gasteiger partial charge in [0.25, 0.3) is 0 Å². The summed E-state index contributed by atoms with van der Waals surface area (Å²) in [4.78, 5) is 10.6. The van der Waals surface area contributed by atoms with Crippen LogP contribution < -0.4 is 16.2 Å². The molecule has 1 saturated carbocycles. The number of hydrogen-bond donors (Lipinski definition) is 4. The summed E-state index contributed by atoms with van der Waals surface area (Å²) in [6.07, 6.45) is 11.0. The molecule has 0 spiro atoms. The van der Waals surface area contributed by atoms with Crippen LogP contribution in [0, 0.1) is 11.8 Å². The standard InChI is InChI=1S/C23H31N3O2S/c1-16(25-26-23(29)24-19-9-5-4-6-10-19)22-18-14-13-17(15-18)20(22)11-7-2-3-8-12-21(27)28/h2,4-7,9-10,16-18,25H,3,8,11-15H2,1H3,(H,27,28)(H2,24,26,29)/b7-2-/t16?,17-,18+/m0/s1. The van der Waals surface area contributed by atoms with Crippen molar-refractivity contribution in [1.29, 1.82) is 0 Å². The van der Waals surface area contributed by atoms with Gasteiger partial charge in [-0.15, -0.1) is 0 Å². The number of carbonyl (C=O) groups is 1. The van der Waals surface area contributed by atoms with Crippen molar-refractivity contribution < 1.29 is 9.90 Å². The minimum absolute atomic E-state index is 0.219. The average Bonchev–Trinajstić information content (AvgIpc) is 3.31. The average molecular weight is 414 g/mol. The zero-order chi connectivity index (χ0) is 20.6. The molecule has 29 heavy (non-hydrogen) atoms. The van der Waals surface area contributed by atoms with Gasteiger partial charge in [0.05, 0.1) is 0 Å². The predicted octanol–water partition coefficient (Wildman–Crippen LogP) is 4.79. The van der Waals surface area contributed by atoms with Gasteiger partial charge in [-0.3, -0.25) is 10.2 Å². The van der Waals surface area contributed by atoms with Gasteiger partial charge in [-0.05, 0) is 87.2 Å². The third-order valence-electron chi connectivity index (χ3n) is 5.90. The number of fused-ring (bicyclic) bond motifs is 2. The lowest BCUT2D eigenvalue weighted by molar-refractivity contribution is -0.137. The molecule has 2 aliphatic carbocycles. The molecule has 0 aliphatic heterocycles. The van der Waals surface area contributed by atoms with Crippen molar-refractivity contribution in [2.45, 2.75) is 57.9 Å². The number of carboxylic acid groups (broad SMARTS) is 1. The highest BCUT2D eigenvalue weighted by Gasteiger charge is 2.40. The zero-order valence-corrected chi connectivity index (χ0v) is 17.8. The first-order valence-electron chi connectivity index (χ1n) is 10.5. The monoisotopic (exact) mass is 413 g/mol. The van der Waals surface area contributed by atoms with Gasteiger partial charge in [0.15, 0.2) is 5.11 Å². The first-order chi connectivity index (χ1) is 14.0. The SMILES string of the molecule is CC(NNC(=S)Nc1ccccc1)C1=C(C/C=C\CCCC(=O)O)[C@H]2CC[C@@H]1C2. The maximum atomic E-state index is 10.6. The molecule has 0 amide bonds. The van der Waals surface area contributed by atoms with Crippen molar-refractivity contribution in [1.82, 2.24) is 10.9 Å². The van der Waals surface area contributed by atoms with E-state index in [2.05, 4.69) is 35.2 Å². The van der Waals surface area contributed by atoms with Crippen LogP contribution >= 0.6 is 12.2 Å². The van der Waals surface area contributed by atoms with Crippen molar-refractivity contribution in [3.8, 4) is 0 Å². The Morgan fingerprint density at radius 1 is 1.24 bits per heavy atom. The molecule has 0 saturated heterocycles. The van der Waals surface area contributed by atoms with Crippen molar-refractivity contribution >= 4 is 29.0 Å². The fourth-order valence-electron chi connectivity index (χ4n) is 4.63. The lowest BCUT2D eigenvalue weighted by atomic mass is 9.86. The minimum atomic E-state index is -0.719. The van der Waals surface area contributed by atoms with Crippen LogP contribution in [0.4, 0.5) is 5.69 Å². The van der Waals surface area contributed by atoms with E-state index in [0.29, 0.717) is 23.4 Å². The zero-order valence-electron chi connectivity index (χ0n) is 17.0. The maximum absolute atomic E-state index is 10.6. The van der Waals surface area contributed by atoms with Gasteiger partial charge in [-0.2, -0.15) is 0 Å². The van der Waals surface area contributed by atoms with Crippen molar-refractivity contribution in [2.75, 3.05) is 5.32 Å². The molecule has 1 unspecified atom stereocenters. The number of aliphatic carboxylic acids is 1. The number of unbranched alkanes of at least 4 members (excludes halogenated alkanes) is 1. The van der Waals surface area contributed by atoms with E-state index in [1.807, 2.05) is 30.3 Å². The molecule has 3 rings (SSSR count). The molecule has 156 valence electrons. The fraction of sp³-hybridized carbons (Fsp3) is 0.478. The van der Waals surface area contributed by atoms with Crippen LogP contribution in [0.3, 0.4) is 0 Å². The van der Waals surface area contributed by atoms with Gasteiger partial charge in [-0.25, -0.2) is 5.43 Å².